The topological polar surface area (TPSA) is 57.7 Å². The Balaban J connectivity index is 1.51. The molecule has 6 rings (SSSR count). The van der Waals surface area contributed by atoms with Crippen molar-refractivity contribution >= 4 is 52.6 Å². The summed E-state index contributed by atoms with van der Waals surface area (Å²) in [6.07, 6.45) is 3.74. The summed E-state index contributed by atoms with van der Waals surface area (Å²) in [5, 5.41) is 0.633. The number of fused-ring (bicyclic) bond motifs is 5. The van der Waals surface area contributed by atoms with Crippen LogP contribution >= 0.6 is 23.2 Å². The summed E-state index contributed by atoms with van der Waals surface area (Å²) < 4.78 is 0. The van der Waals surface area contributed by atoms with Gasteiger partial charge < -0.3 is 4.90 Å². The number of imide groups is 1. The number of rotatable bonds is 3. The number of carbonyl (C=O) groups is 3. The Kier molecular flexibility index (Phi) is 4.87. The van der Waals surface area contributed by atoms with Crippen LogP contribution in [0, 0.1) is 11.8 Å². The van der Waals surface area contributed by atoms with Crippen LogP contribution in [0.5, 0.6) is 0 Å². The first-order valence-corrected chi connectivity index (χ1v) is 11.7. The number of Topliss-reactive ketones (excluding diaryl/α,β-unsaturated/α-hetero) is 1. The van der Waals surface area contributed by atoms with Crippen LogP contribution < -0.4 is 4.90 Å². The number of carbonyl (C=O) groups excluding carboxylic acids is 3. The second-order valence-corrected chi connectivity index (χ2v) is 9.51. The zero-order valence-electron chi connectivity index (χ0n) is 17.8. The number of anilines is 1. The summed E-state index contributed by atoms with van der Waals surface area (Å²) in [4.78, 5) is 44.6. The first-order chi connectivity index (χ1) is 16.5. The van der Waals surface area contributed by atoms with Crippen LogP contribution in [0.25, 0.3) is 6.08 Å². The maximum Gasteiger partial charge on any atom is 0.240 e. The summed E-state index contributed by atoms with van der Waals surface area (Å²) in [6.45, 7) is 0. The molecule has 0 unspecified atom stereocenters. The first kappa shape index (κ1) is 21.1. The summed E-state index contributed by atoms with van der Waals surface area (Å²) in [5.74, 6) is -2.51. The van der Waals surface area contributed by atoms with Crippen molar-refractivity contribution in [3.05, 3.63) is 106 Å². The van der Waals surface area contributed by atoms with E-state index in [0.29, 0.717) is 10.7 Å². The number of hydrogen-bond acceptors (Lipinski definition) is 4. The Hall–Kier alpha value is -3.41. The van der Waals surface area contributed by atoms with E-state index in [-0.39, 0.29) is 28.2 Å². The minimum absolute atomic E-state index is 0.218. The van der Waals surface area contributed by atoms with Crippen molar-refractivity contribution in [3.63, 3.8) is 0 Å². The molecule has 3 aromatic carbocycles. The zero-order valence-corrected chi connectivity index (χ0v) is 19.3. The number of hydrogen-bond donors (Lipinski definition) is 0. The van der Waals surface area contributed by atoms with E-state index in [2.05, 4.69) is 0 Å². The average Bonchev–Trinajstić information content (AvgIpc) is 3.32. The summed E-state index contributed by atoms with van der Waals surface area (Å²) >= 11 is 12.4. The van der Waals surface area contributed by atoms with Gasteiger partial charge in [-0.1, -0.05) is 65.7 Å². The van der Waals surface area contributed by atoms with Crippen LogP contribution in [-0.4, -0.2) is 28.5 Å². The molecule has 0 saturated carbocycles. The van der Waals surface area contributed by atoms with E-state index in [9.17, 15) is 14.4 Å². The van der Waals surface area contributed by atoms with E-state index < -0.39 is 23.9 Å². The molecule has 0 bridgehead atoms. The van der Waals surface area contributed by atoms with Crippen LogP contribution in [-0.2, 0) is 9.59 Å². The molecule has 2 amide bonds. The molecular formula is C27H18Cl2N2O3. The highest BCUT2D eigenvalue weighted by molar-refractivity contribution is 6.37. The number of amides is 2. The molecule has 3 aromatic rings. The number of para-hydroxylation sites is 1. The van der Waals surface area contributed by atoms with Crippen LogP contribution in [0.4, 0.5) is 5.69 Å². The van der Waals surface area contributed by atoms with Gasteiger partial charge in [-0.25, -0.2) is 4.90 Å². The summed E-state index contributed by atoms with van der Waals surface area (Å²) in [7, 11) is 0. The Morgan fingerprint density at radius 2 is 1.53 bits per heavy atom. The van der Waals surface area contributed by atoms with Crippen molar-refractivity contribution in [2.45, 2.75) is 12.1 Å². The molecular weight excluding hydrogens is 471 g/mol. The first-order valence-electron chi connectivity index (χ1n) is 10.9. The molecule has 5 nitrogen and oxygen atoms in total. The minimum Gasteiger partial charge on any atom is -0.358 e. The second kappa shape index (κ2) is 7.83. The fourth-order valence-corrected chi connectivity index (χ4v) is 6.04. The summed E-state index contributed by atoms with van der Waals surface area (Å²) in [5.41, 5.74) is 2.68. The molecule has 0 aromatic heterocycles. The van der Waals surface area contributed by atoms with E-state index in [0.717, 1.165) is 11.1 Å². The Bertz CT molecular complexity index is 1390. The smallest absolute Gasteiger partial charge is 0.240 e. The molecule has 34 heavy (non-hydrogen) atoms. The lowest BCUT2D eigenvalue weighted by Crippen LogP contribution is -2.44. The van der Waals surface area contributed by atoms with E-state index >= 15 is 0 Å². The van der Waals surface area contributed by atoms with Gasteiger partial charge in [0.2, 0.25) is 11.8 Å². The molecule has 0 aliphatic carbocycles. The minimum atomic E-state index is -0.872. The molecule has 0 spiro atoms. The van der Waals surface area contributed by atoms with Gasteiger partial charge in [0.05, 0.1) is 28.6 Å². The zero-order chi connectivity index (χ0) is 23.6. The lowest BCUT2D eigenvalue weighted by atomic mass is 9.83. The quantitative estimate of drug-likeness (QED) is 0.366. The standard InChI is InChI=1S/C27H18Cl2N2O3/c28-16-10-11-19(20(29)14-16)25(32)24-22-21(23-18-9-5-4-6-15(18)12-13-30(23)24)26(33)31(27(22)34)17-7-2-1-3-8-17/h1-14,21-24H/t21-,22+,23-,24-/m0/s1. The normalized spacial score (nSPS) is 24.8. The molecule has 0 N–H and O–H groups in total. The lowest BCUT2D eigenvalue weighted by Gasteiger charge is -2.35. The van der Waals surface area contributed by atoms with Crippen molar-refractivity contribution in [2.75, 3.05) is 4.90 Å². The average molecular weight is 489 g/mol. The van der Waals surface area contributed by atoms with Crippen molar-refractivity contribution in [1.82, 2.24) is 4.90 Å². The highest BCUT2D eigenvalue weighted by atomic mass is 35.5. The van der Waals surface area contributed by atoms with E-state index in [1.54, 1.807) is 36.4 Å². The van der Waals surface area contributed by atoms with Crippen molar-refractivity contribution in [1.29, 1.82) is 0 Å². The molecule has 2 saturated heterocycles. The van der Waals surface area contributed by atoms with Crippen LogP contribution in [0.3, 0.4) is 0 Å². The molecule has 0 radical (unpaired) electrons. The van der Waals surface area contributed by atoms with Crippen LogP contribution in [0.15, 0.2) is 79.0 Å². The van der Waals surface area contributed by atoms with Crippen LogP contribution in [0.1, 0.15) is 27.5 Å². The highest BCUT2D eigenvalue weighted by Crippen LogP contribution is 2.53. The number of nitrogens with zero attached hydrogens (tertiary/aromatic N) is 2. The maximum atomic E-state index is 13.9. The number of benzene rings is 3. The third-order valence-corrected chi connectivity index (χ3v) is 7.49. The van der Waals surface area contributed by atoms with Crippen molar-refractivity contribution in [3.8, 4) is 0 Å². The van der Waals surface area contributed by atoms with E-state index in [1.807, 2.05) is 47.5 Å². The predicted octanol–water partition coefficient (Wildman–Crippen LogP) is 5.39. The van der Waals surface area contributed by atoms with Crippen molar-refractivity contribution < 1.29 is 14.4 Å². The molecule has 3 heterocycles. The third kappa shape index (κ3) is 2.97. The van der Waals surface area contributed by atoms with E-state index in [1.165, 1.54) is 11.0 Å². The summed E-state index contributed by atoms with van der Waals surface area (Å²) in [6, 6.07) is 20.0. The van der Waals surface area contributed by atoms with E-state index in [4.69, 9.17) is 23.2 Å². The molecule has 3 aliphatic rings. The number of halogens is 2. The highest BCUT2D eigenvalue weighted by Gasteiger charge is 2.64. The number of ketones is 1. The molecule has 4 atom stereocenters. The largest absolute Gasteiger partial charge is 0.358 e. The van der Waals surface area contributed by atoms with Gasteiger partial charge in [-0.05, 0) is 47.5 Å². The Morgan fingerprint density at radius 1 is 0.824 bits per heavy atom. The van der Waals surface area contributed by atoms with Gasteiger partial charge in [-0.2, -0.15) is 0 Å². The fourth-order valence-electron chi connectivity index (χ4n) is 5.54. The fraction of sp³-hybridized carbons (Fsp3) is 0.148. The maximum absolute atomic E-state index is 13.9. The van der Waals surface area contributed by atoms with Gasteiger partial charge in [0.25, 0.3) is 0 Å². The van der Waals surface area contributed by atoms with Gasteiger partial charge in [0.15, 0.2) is 5.78 Å². The van der Waals surface area contributed by atoms with Gasteiger partial charge in [0.1, 0.15) is 6.04 Å². The van der Waals surface area contributed by atoms with Gasteiger partial charge in [0, 0.05) is 16.8 Å². The third-order valence-electron chi connectivity index (χ3n) is 6.94. The molecule has 2 fully saturated rings. The van der Waals surface area contributed by atoms with Gasteiger partial charge in [-0.15, -0.1) is 0 Å². The Labute approximate surface area is 206 Å². The lowest BCUT2D eigenvalue weighted by molar-refractivity contribution is -0.123. The monoisotopic (exact) mass is 488 g/mol. The molecule has 7 heteroatoms. The molecule has 3 aliphatic heterocycles. The van der Waals surface area contributed by atoms with Gasteiger partial charge >= 0.3 is 0 Å². The van der Waals surface area contributed by atoms with Gasteiger partial charge in [-0.3, -0.25) is 14.4 Å². The second-order valence-electron chi connectivity index (χ2n) is 8.67. The van der Waals surface area contributed by atoms with Crippen LogP contribution in [0.2, 0.25) is 10.0 Å². The Morgan fingerprint density at radius 3 is 2.29 bits per heavy atom. The SMILES string of the molecule is O=C(c1ccc(Cl)cc1Cl)[C@@H]1[C@@H]2C(=O)N(c3ccccc3)C(=O)[C@@H]2[C@@H]2c3ccccc3C=CN12. The van der Waals surface area contributed by atoms with Crippen molar-refractivity contribution in [2.24, 2.45) is 11.8 Å². The predicted molar refractivity (Wildman–Crippen MR) is 131 cm³/mol. The molecule has 168 valence electrons.